The second-order valence-electron chi connectivity index (χ2n) is 11.1. The van der Waals surface area contributed by atoms with E-state index >= 15 is 0 Å². The van der Waals surface area contributed by atoms with Crippen LogP contribution in [0, 0.1) is 0 Å². The molecule has 1 heterocycles. The zero-order valence-electron chi connectivity index (χ0n) is 23.4. The molecule has 0 bridgehead atoms. The van der Waals surface area contributed by atoms with E-state index in [-0.39, 0.29) is 24.0 Å². The number of amides is 1. The van der Waals surface area contributed by atoms with Crippen LogP contribution in [0.15, 0.2) is 72.8 Å². The van der Waals surface area contributed by atoms with Gasteiger partial charge >= 0.3 is 12.1 Å². The smallest absolute Gasteiger partial charge is 0.407 e. The molecule has 1 aliphatic rings. The third-order valence-electron chi connectivity index (χ3n) is 6.98. The van der Waals surface area contributed by atoms with Gasteiger partial charge in [0, 0.05) is 12.3 Å². The Hall–Kier alpha value is -4.73. The first-order valence-corrected chi connectivity index (χ1v) is 13.5. The molecule has 0 radical (unpaired) electrons. The summed E-state index contributed by atoms with van der Waals surface area (Å²) in [6.07, 6.45) is -0.353. The summed E-state index contributed by atoms with van der Waals surface area (Å²) in [7, 11) is 0. The van der Waals surface area contributed by atoms with Crippen LogP contribution >= 0.6 is 0 Å². The molecule has 1 aromatic heterocycles. The molecule has 0 fully saturated rings. The van der Waals surface area contributed by atoms with Gasteiger partial charge in [0.2, 0.25) is 0 Å². The monoisotopic (exact) mass is 555 g/mol. The van der Waals surface area contributed by atoms with Crippen molar-refractivity contribution in [1.29, 1.82) is 0 Å². The minimum Gasteiger partial charge on any atom is -0.488 e. The molecule has 10 nitrogen and oxygen atoms in total. The van der Waals surface area contributed by atoms with Crippen LogP contribution in [0.4, 0.5) is 4.79 Å². The predicted octanol–water partition coefficient (Wildman–Crippen LogP) is 5.32. The largest absolute Gasteiger partial charge is 0.488 e. The number of aliphatic carboxylic acids is 1. The first kappa shape index (κ1) is 27.8. The van der Waals surface area contributed by atoms with Crippen LogP contribution in [0.5, 0.6) is 5.75 Å². The molecule has 2 atom stereocenters. The lowest BCUT2D eigenvalue weighted by molar-refractivity contribution is -0.140. The maximum Gasteiger partial charge on any atom is 0.407 e. The van der Waals surface area contributed by atoms with Gasteiger partial charge in [-0.25, -0.2) is 14.3 Å². The van der Waals surface area contributed by atoms with Crippen molar-refractivity contribution >= 4 is 12.1 Å². The second kappa shape index (κ2) is 11.4. The fourth-order valence-corrected chi connectivity index (χ4v) is 5.08. The Bertz CT molecular complexity index is 1500. The van der Waals surface area contributed by atoms with Crippen LogP contribution < -0.4 is 10.1 Å². The van der Waals surface area contributed by atoms with Gasteiger partial charge in [0.25, 0.3) is 0 Å². The van der Waals surface area contributed by atoms with Gasteiger partial charge in [-0.1, -0.05) is 60.7 Å². The van der Waals surface area contributed by atoms with Gasteiger partial charge in [0.1, 0.15) is 18.0 Å². The van der Waals surface area contributed by atoms with Gasteiger partial charge in [0.15, 0.2) is 11.9 Å². The minimum absolute atomic E-state index is 0.0979. The number of carbonyl (C=O) groups is 2. The highest BCUT2D eigenvalue weighted by molar-refractivity contribution is 5.79. The van der Waals surface area contributed by atoms with Gasteiger partial charge in [0.05, 0.1) is 6.04 Å². The van der Waals surface area contributed by atoms with Gasteiger partial charge in [-0.3, -0.25) is 0 Å². The summed E-state index contributed by atoms with van der Waals surface area (Å²) >= 11 is 0. The number of carboxylic acid groups (broad SMARTS) is 1. The number of carboxylic acids is 1. The molecule has 41 heavy (non-hydrogen) atoms. The summed E-state index contributed by atoms with van der Waals surface area (Å²) in [5.41, 5.74) is 5.01. The van der Waals surface area contributed by atoms with E-state index in [2.05, 4.69) is 45.1 Å². The number of alkyl carbamates (subject to hydrolysis) is 1. The summed E-state index contributed by atoms with van der Waals surface area (Å²) in [6, 6.07) is 21.9. The van der Waals surface area contributed by atoms with Crippen LogP contribution in [0.2, 0.25) is 0 Å². The summed E-state index contributed by atoms with van der Waals surface area (Å²) in [6.45, 7) is 7.53. The molecule has 1 aliphatic carbocycles. The number of hydrogen-bond donors (Lipinski definition) is 2. The van der Waals surface area contributed by atoms with Crippen LogP contribution in [0.3, 0.4) is 0 Å². The van der Waals surface area contributed by atoms with E-state index in [1.54, 1.807) is 0 Å². The number of aromatic nitrogens is 4. The third-order valence-corrected chi connectivity index (χ3v) is 6.98. The molecule has 1 amide bonds. The lowest BCUT2D eigenvalue weighted by Gasteiger charge is -2.22. The molecule has 0 unspecified atom stereocenters. The van der Waals surface area contributed by atoms with E-state index in [0.29, 0.717) is 12.2 Å². The minimum atomic E-state index is -1.10. The Balaban J connectivity index is 1.35. The number of tetrazole rings is 1. The average molecular weight is 556 g/mol. The highest BCUT2D eigenvalue weighted by Crippen LogP contribution is 2.44. The second-order valence-corrected chi connectivity index (χ2v) is 11.1. The molecule has 2 N–H and O–H groups in total. The zero-order chi connectivity index (χ0) is 29.1. The van der Waals surface area contributed by atoms with Crippen molar-refractivity contribution in [2.24, 2.45) is 0 Å². The molecule has 0 saturated heterocycles. The van der Waals surface area contributed by atoms with Crippen LogP contribution in [0.25, 0.3) is 11.1 Å². The third kappa shape index (κ3) is 6.21. The number of benzene rings is 3. The van der Waals surface area contributed by atoms with Crippen molar-refractivity contribution in [3.63, 3.8) is 0 Å². The maximum atomic E-state index is 13.2. The van der Waals surface area contributed by atoms with Gasteiger partial charge in [-0.15, -0.1) is 5.10 Å². The number of carbonyl (C=O) groups excluding carboxylic acids is 1. The molecule has 3 aromatic carbocycles. The van der Waals surface area contributed by atoms with Crippen molar-refractivity contribution in [2.75, 3.05) is 6.61 Å². The molecule has 4 aromatic rings. The summed E-state index contributed by atoms with van der Waals surface area (Å²) in [4.78, 5) is 24.9. The number of fused-ring (bicyclic) bond motifs is 3. The average Bonchev–Trinajstić information content (AvgIpc) is 3.55. The lowest BCUT2D eigenvalue weighted by Crippen LogP contribution is -2.34. The van der Waals surface area contributed by atoms with Gasteiger partial charge in [-0.05, 0) is 78.1 Å². The Morgan fingerprint density at radius 1 is 0.976 bits per heavy atom. The predicted molar refractivity (Wildman–Crippen MR) is 152 cm³/mol. The van der Waals surface area contributed by atoms with Crippen molar-refractivity contribution in [1.82, 2.24) is 25.5 Å². The Kier molecular flexibility index (Phi) is 7.74. The van der Waals surface area contributed by atoms with Crippen LogP contribution in [-0.4, -0.2) is 49.6 Å². The van der Waals surface area contributed by atoms with E-state index in [1.165, 1.54) is 11.6 Å². The van der Waals surface area contributed by atoms with Crippen LogP contribution in [-0.2, 0) is 16.0 Å². The van der Waals surface area contributed by atoms with E-state index < -0.39 is 24.1 Å². The SMILES string of the molecule is C[C@@H](C(=O)O)n1nnnc1[C@H](Cc1ccc(OC(C)(C)C)cc1)NC(=O)OCC1c2ccccc2-c2ccccc21. The number of ether oxygens (including phenoxy) is 2. The molecule has 10 heteroatoms. The summed E-state index contributed by atoms with van der Waals surface area (Å²) in [5.74, 6) is -0.267. The van der Waals surface area contributed by atoms with E-state index in [1.807, 2.05) is 69.3 Å². The zero-order valence-corrected chi connectivity index (χ0v) is 23.4. The van der Waals surface area contributed by atoms with E-state index in [4.69, 9.17) is 9.47 Å². The normalized spacial score (nSPS) is 14.0. The molecule has 212 valence electrons. The highest BCUT2D eigenvalue weighted by atomic mass is 16.5. The number of hydrogen-bond acceptors (Lipinski definition) is 7. The fraction of sp³-hybridized carbons (Fsp3) is 0.323. The lowest BCUT2D eigenvalue weighted by atomic mass is 9.98. The Morgan fingerprint density at radius 2 is 1.59 bits per heavy atom. The fourth-order valence-electron chi connectivity index (χ4n) is 5.08. The molecular weight excluding hydrogens is 522 g/mol. The van der Waals surface area contributed by atoms with Crippen molar-refractivity contribution in [3.8, 4) is 16.9 Å². The van der Waals surface area contributed by atoms with Gasteiger partial charge < -0.3 is 19.9 Å². The first-order chi connectivity index (χ1) is 19.6. The number of nitrogens with one attached hydrogen (secondary N) is 1. The molecule has 5 rings (SSSR count). The highest BCUT2D eigenvalue weighted by Gasteiger charge is 2.31. The Labute approximate surface area is 238 Å². The molecular formula is C31H33N5O5. The molecule has 0 saturated carbocycles. The van der Waals surface area contributed by atoms with Crippen molar-refractivity contribution < 1.29 is 24.2 Å². The first-order valence-electron chi connectivity index (χ1n) is 13.5. The maximum absolute atomic E-state index is 13.2. The summed E-state index contributed by atoms with van der Waals surface area (Å²) in [5, 5.41) is 24.1. The van der Waals surface area contributed by atoms with Crippen molar-refractivity contribution in [2.45, 2.75) is 57.7 Å². The quantitative estimate of drug-likeness (QED) is 0.284. The van der Waals surface area contributed by atoms with Crippen LogP contribution in [0.1, 0.15) is 68.2 Å². The molecule has 0 spiro atoms. The number of nitrogens with zero attached hydrogens (tertiary/aromatic N) is 4. The summed E-state index contributed by atoms with van der Waals surface area (Å²) < 4.78 is 12.9. The van der Waals surface area contributed by atoms with Crippen molar-refractivity contribution in [3.05, 3.63) is 95.3 Å². The van der Waals surface area contributed by atoms with Gasteiger partial charge in [-0.2, -0.15) is 0 Å². The topological polar surface area (TPSA) is 128 Å². The number of rotatable bonds is 9. The van der Waals surface area contributed by atoms with E-state index in [9.17, 15) is 14.7 Å². The van der Waals surface area contributed by atoms with E-state index in [0.717, 1.165) is 27.8 Å². The molecule has 0 aliphatic heterocycles. The Morgan fingerprint density at radius 3 is 2.17 bits per heavy atom. The standard InChI is InChI=1S/C31H33N5O5/c1-19(29(37)38)36-28(33-34-35-36)27(17-20-13-15-21(16-14-20)41-31(2,3)4)32-30(39)40-18-26-24-11-7-5-9-22(24)23-10-6-8-12-25(23)26/h5-16,19,26-27H,17-18H2,1-4H3,(H,32,39)(H,37,38)/t19-,27-/m0/s1.